The Labute approximate surface area is 162 Å². The first-order valence-electron chi connectivity index (χ1n) is 9.31. The van der Waals surface area contributed by atoms with E-state index in [1.165, 1.54) is 0 Å². The van der Waals surface area contributed by atoms with Crippen molar-refractivity contribution in [2.24, 2.45) is 11.3 Å². The molecule has 0 aromatic heterocycles. The number of halogens is 6. The van der Waals surface area contributed by atoms with Crippen LogP contribution in [0.4, 0.5) is 26.3 Å². The summed E-state index contributed by atoms with van der Waals surface area (Å²) in [7, 11) is -2.43. The summed E-state index contributed by atoms with van der Waals surface area (Å²) in [6.45, 7) is 11.7. The van der Waals surface area contributed by atoms with E-state index in [2.05, 4.69) is 4.74 Å². The van der Waals surface area contributed by atoms with Crippen molar-refractivity contribution in [2.45, 2.75) is 95.6 Å². The van der Waals surface area contributed by atoms with Crippen LogP contribution in [0.3, 0.4) is 0 Å². The molecule has 2 aliphatic carbocycles. The molecule has 0 radical (unpaired) electrons. The molecular weight excluding hydrogens is 406 g/mol. The minimum atomic E-state index is -5.72. The topological polar surface area (TPSA) is 35.5 Å². The Bertz CT molecular complexity index is 610. The smallest absolute Gasteiger partial charge is 0.434 e. The summed E-state index contributed by atoms with van der Waals surface area (Å²) < 4.78 is 87.4. The standard InChI is InChI=1S/C18H28F6O3Si/c1-14(2,3)28(5,6)27-16-9-7-8-15(16,4)10-11(16)12(25)26-13(17(19,20)21)18(22,23)24/h11,13H,7-10H2,1-6H3/t11-,15-,16-/m0/s1. The van der Waals surface area contributed by atoms with Crippen molar-refractivity contribution in [3.05, 3.63) is 0 Å². The Balaban J connectivity index is 2.31. The van der Waals surface area contributed by atoms with Crippen LogP contribution in [0.2, 0.25) is 18.1 Å². The summed E-state index contributed by atoms with van der Waals surface area (Å²) in [5.41, 5.74) is -1.51. The van der Waals surface area contributed by atoms with Gasteiger partial charge in [-0.1, -0.05) is 27.7 Å². The maximum absolute atomic E-state index is 12.8. The van der Waals surface area contributed by atoms with E-state index in [9.17, 15) is 31.1 Å². The van der Waals surface area contributed by atoms with E-state index in [-0.39, 0.29) is 11.5 Å². The summed E-state index contributed by atoms with van der Waals surface area (Å²) in [6, 6.07) is 0. The number of hydrogen-bond donors (Lipinski definition) is 0. The highest BCUT2D eigenvalue weighted by atomic mass is 28.4. The number of fused-ring (bicyclic) bond motifs is 1. The highest BCUT2D eigenvalue weighted by Crippen LogP contribution is 2.67. The average molecular weight is 434 g/mol. The predicted octanol–water partition coefficient (Wildman–Crippen LogP) is 5.99. The highest BCUT2D eigenvalue weighted by molar-refractivity contribution is 6.74. The van der Waals surface area contributed by atoms with Crippen molar-refractivity contribution in [2.75, 3.05) is 0 Å². The second-order valence-electron chi connectivity index (χ2n) is 9.82. The summed E-state index contributed by atoms with van der Waals surface area (Å²) >= 11 is 0. The molecule has 2 aliphatic rings. The van der Waals surface area contributed by atoms with Gasteiger partial charge in [0.15, 0.2) is 8.32 Å². The second kappa shape index (κ2) is 6.62. The van der Waals surface area contributed by atoms with E-state index in [0.29, 0.717) is 19.3 Å². The molecule has 0 bridgehead atoms. The lowest BCUT2D eigenvalue weighted by atomic mass is 9.53. The van der Waals surface area contributed by atoms with Crippen LogP contribution in [0.1, 0.15) is 53.4 Å². The van der Waals surface area contributed by atoms with Crippen molar-refractivity contribution in [1.29, 1.82) is 0 Å². The molecule has 28 heavy (non-hydrogen) atoms. The lowest BCUT2D eigenvalue weighted by molar-refractivity contribution is -0.318. The van der Waals surface area contributed by atoms with Gasteiger partial charge in [-0.05, 0) is 49.2 Å². The molecule has 2 fully saturated rings. The molecule has 2 saturated carbocycles. The van der Waals surface area contributed by atoms with Gasteiger partial charge in [-0.3, -0.25) is 4.79 Å². The van der Waals surface area contributed by atoms with Crippen molar-refractivity contribution in [1.82, 2.24) is 0 Å². The van der Waals surface area contributed by atoms with Crippen LogP contribution in [0, 0.1) is 11.3 Å². The molecule has 3 nitrogen and oxygen atoms in total. The number of hydrogen-bond acceptors (Lipinski definition) is 3. The number of esters is 1. The van der Waals surface area contributed by atoms with Gasteiger partial charge in [-0.15, -0.1) is 0 Å². The molecule has 0 aromatic rings. The van der Waals surface area contributed by atoms with Crippen molar-refractivity contribution < 1.29 is 40.3 Å². The van der Waals surface area contributed by atoms with Crippen LogP contribution in [0.5, 0.6) is 0 Å². The van der Waals surface area contributed by atoms with Crippen molar-refractivity contribution in [3.8, 4) is 0 Å². The Morgan fingerprint density at radius 1 is 1.04 bits per heavy atom. The highest BCUT2D eigenvalue weighted by Gasteiger charge is 2.71. The summed E-state index contributed by atoms with van der Waals surface area (Å²) in [4.78, 5) is 12.5. The first-order chi connectivity index (χ1) is 12.3. The van der Waals surface area contributed by atoms with E-state index in [1.54, 1.807) is 0 Å². The van der Waals surface area contributed by atoms with Gasteiger partial charge in [0, 0.05) is 0 Å². The fraction of sp³-hybridized carbons (Fsp3) is 0.944. The van der Waals surface area contributed by atoms with Crippen LogP contribution >= 0.6 is 0 Å². The molecule has 0 heterocycles. The van der Waals surface area contributed by atoms with Crippen LogP contribution in [-0.2, 0) is 14.0 Å². The number of carbonyl (C=O) groups excluding carboxylic acids is 1. The maximum Gasteiger partial charge on any atom is 0.434 e. The minimum absolute atomic E-state index is 0.170. The van der Waals surface area contributed by atoms with Crippen LogP contribution < -0.4 is 0 Å². The normalized spacial score (nSPS) is 31.5. The average Bonchev–Trinajstić information content (AvgIpc) is 2.67. The number of ether oxygens (including phenoxy) is 1. The van der Waals surface area contributed by atoms with Crippen LogP contribution in [-0.4, -0.2) is 38.3 Å². The fourth-order valence-corrected chi connectivity index (χ4v) is 5.96. The second-order valence-corrected chi connectivity index (χ2v) is 14.5. The number of alkyl halides is 6. The Morgan fingerprint density at radius 3 is 1.93 bits per heavy atom. The quantitative estimate of drug-likeness (QED) is 0.310. The molecule has 0 saturated heterocycles. The van der Waals surface area contributed by atoms with Crippen LogP contribution in [0.25, 0.3) is 0 Å². The van der Waals surface area contributed by atoms with Gasteiger partial charge in [-0.25, -0.2) is 0 Å². The first-order valence-corrected chi connectivity index (χ1v) is 12.2. The molecule has 2 rings (SSSR count). The maximum atomic E-state index is 12.8. The van der Waals surface area contributed by atoms with Gasteiger partial charge in [0.2, 0.25) is 0 Å². The molecule has 164 valence electrons. The summed E-state index contributed by atoms with van der Waals surface area (Å²) in [5, 5.41) is -0.226. The molecule has 0 aliphatic heterocycles. The molecule has 0 amide bonds. The van der Waals surface area contributed by atoms with Gasteiger partial charge in [0.05, 0.1) is 11.5 Å². The molecule has 0 N–H and O–H groups in total. The largest absolute Gasteiger partial charge is 0.442 e. The third kappa shape index (κ3) is 3.82. The lowest BCUT2D eigenvalue weighted by Crippen LogP contribution is -2.68. The molecule has 0 aromatic carbocycles. The lowest BCUT2D eigenvalue weighted by Gasteiger charge is -2.61. The fourth-order valence-electron chi connectivity index (χ4n) is 4.25. The van der Waals surface area contributed by atoms with Gasteiger partial charge < -0.3 is 9.16 Å². The van der Waals surface area contributed by atoms with Gasteiger partial charge in [0.1, 0.15) is 0 Å². The summed E-state index contributed by atoms with van der Waals surface area (Å²) in [6.07, 6.45) is -13.5. The Hall–Kier alpha value is -0.773. The Kier molecular flexibility index (Phi) is 5.55. The van der Waals surface area contributed by atoms with E-state index < -0.39 is 49.7 Å². The number of rotatable bonds is 4. The minimum Gasteiger partial charge on any atom is -0.442 e. The zero-order valence-corrected chi connectivity index (χ0v) is 18.0. The zero-order chi connectivity index (χ0) is 22.0. The monoisotopic (exact) mass is 434 g/mol. The van der Waals surface area contributed by atoms with E-state index in [1.807, 2.05) is 40.8 Å². The van der Waals surface area contributed by atoms with Gasteiger partial charge in [-0.2, -0.15) is 26.3 Å². The van der Waals surface area contributed by atoms with E-state index in [0.717, 1.165) is 0 Å². The predicted molar refractivity (Wildman–Crippen MR) is 93.1 cm³/mol. The molecule has 0 unspecified atom stereocenters. The molecule has 3 atom stereocenters. The molecule has 0 spiro atoms. The third-order valence-electron chi connectivity index (χ3n) is 6.87. The van der Waals surface area contributed by atoms with Crippen molar-refractivity contribution >= 4 is 14.3 Å². The SMILES string of the molecule is CC(C)(C)[Si](C)(C)O[C@]12CCC[C@@]1(C)C[C@H]2C(=O)OC(C(F)(F)F)C(F)(F)F. The van der Waals surface area contributed by atoms with Crippen molar-refractivity contribution in [3.63, 3.8) is 0 Å². The van der Waals surface area contributed by atoms with E-state index >= 15 is 0 Å². The van der Waals surface area contributed by atoms with Gasteiger partial charge in [0.25, 0.3) is 6.10 Å². The van der Waals surface area contributed by atoms with Crippen LogP contribution in [0.15, 0.2) is 0 Å². The number of carbonyl (C=O) groups is 1. The third-order valence-corrected chi connectivity index (χ3v) is 11.4. The van der Waals surface area contributed by atoms with E-state index in [4.69, 9.17) is 4.43 Å². The Morgan fingerprint density at radius 2 is 1.54 bits per heavy atom. The zero-order valence-electron chi connectivity index (χ0n) is 17.0. The molecular formula is C18H28F6O3Si. The van der Waals surface area contributed by atoms with Gasteiger partial charge >= 0.3 is 18.3 Å². The first kappa shape index (κ1) is 23.5. The summed E-state index contributed by atoms with van der Waals surface area (Å²) in [5.74, 6) is -2.60. The molecule has 10 heteroatoms.